The van der Waals surface area contributed by atoms with Crippen LogP contribution < -0.4 is 5.73 Å². The summed E-state index contributed by atoms with van der Waals surface area (Å²) < 4.78 is 4.99. The predicted molar refractivity (Wildman–Crippen MR) is 83.7 cm³/mol. The maximum absolute atomic E-state index is 12.2. The maximum Gasteiger partial charge on any atom is 0.239 e. The Morgan fingerprint density at radius 1 is 1.10 bits per heavy atom. The van der Waals surface area contributed by atoms with Crippen molar-refractivity contribution in [1.29, 1.82) is 0 Å². The Morgan fingerprint density at radius 2 is 1.75 bits per heavy atom. The lowest BCUT2D eigenvalue weighted by molar-refractivity contribution is -0.132. The second-order valence-corrected chi connectivity index (χ2v) is 5.04. The molecule has 1 unspecified atom stereocenters. The highest BCUT2D eigenvalue weighted by Gasteiger charge is 2.19. The van der Waals surface area contributed by atoms with Gasteiger partial charge in [0.25, 0.3) is 0 Å². The molecule has 0 heterocycles. The molecule has 1 amide bonds. The number of nitrogens with zero attached hydrogens (tertiary/aromatic N) is 2. The summed E-state index contributed by atoms with van der Waals surface area (Å²) >= 11 is 0. The van der Waals surface area contributed by atoms with Gasteiger partial charge in [-0.25, -0.2) is 0 Å². The fraction of sp³-hybridized carbons (Fsp3) is 0.933. The predicted octanol–water partition coefficient (Wildman–Crippen LogP) is 1.32. The third kappa shape index (κ3) is 7.82. The average Bonchev–Trinajstić information content (AvgIpc) is 2.47. The molecule has 0 aliphatic rings. The van der Waals surface area contributed by atoms with Crippen molar-refractivity contribution in [3.05, 3.63) is 0 Å². The molecule has 5 heteroatoms. The molecular formula is C15H33N3O2. The SMILES string of the molecule is CCN(CC)CCCN(CC)C(=O)C(N)CCCOC. The van der Waals surface area contributed by atoms with Crippen molar-refractivity contribution >= 4 is 5.91 Å². The first-order chi connectivity index (χ1) is 9.60. The van der Waals surface area contributed by atoms with E-state index < -0.39 is 6.04 Å². The molecule has 0 radical (unpaired) electrons. The van der Waals surface area contributed by atoms with E-state index in [1.165, 1.54) is 0 Å². The van der Waals surface area contributed by atoms with Gasteiger partial charge in [-0.15, -0.1) is 0 Å². The highest BCUT2D eigenvalue weighted by Crippen LogP contribution is 2.03. The van der Waals surface area contributed by atoms with E-state index in [-0.39, 0.29) is 5.91 Å². The zero-order chi connectivity index (χ0) is 15.4. The van der Waals surface area contributed by atoms with Crippen LogP contribution in [0.15, 0.2) is 0 Å². The fourth-order valence-corrected chi connectivity index (χ4v) is 2.25. The van der Waals surface area contributed by atoms with E-state index >= 15 is 0 Å². The lowest BCUT2D eigenvalue weighted by Crippen LogP contribution is -2.44. The highest BCUT2D eigenvalue weighted by atomic mass is 16.5. The van der Waals surface area contributed by atoms with Crippen molar-refractivity contribution in [2.75, 3.05) is 46.4 Å². The molecule has 0 fully saturated rings. The van der Waals surface area contributed by atoms with Crippen LogP contribution in [0.4, 0.5) is 0 Å². The molecule has 0 bridgehead atoms. The van der Waals surface area contributed by atoms with Crippen LogP contribution in [0.1, 0.15) is 40.0 Å². The van der Waals surface area contributed by atoms with Crippen molar-refractivity contribution in [3.63, 3.8) is 0 Å². The van der Waals surface area contributed by atoms with Gasteiger partial charge in [-0.1, -0.05) is 13.8 Å². The minimum atomic E-state index is -0.390. The van der Waals surface area contributed by atoms with Gasteiger partial charge in [0.2, 0.25) is 5.91 Å². The van der Waals surface area contributed by atoms with E-state index in [0.29, 0.717) is 13.0 Å². The van der Waals surface area contributed by atoms with Crippen molar-refractivity contribution < 1.29 is 9.53 Å². The zero-order valence-corrected chi connectivity index (χ0v) is 13.7. The van der Waals surface area contributed by atoms with Gasteiger partial charge in [-0.3, -0.25) is 4.79 Å². The molecule has 0 rings (SSSR count). The summed E-state index contributed by atoms with van der Waals surface area (Å²) in [5.41, 5.74) is 5.96. The number of nitrogens with two attached hydrogens (primary N) is 1. The number of carbonyl (C=O) groups is 1. The summed E-state index contributed by atoms with van der Waals surface area (Å²) in [6.45, 7) is 11.7. The number of carbonyl (C=O) groups excluding carboxylic acids is 1. The van der Waals surface area contributed by atoms with Crippen LogP contribution in [0, 0.1) is 0 Å². The molecule has 1 atom stereocenters. The van der Waals surface area contributed by atoms with Gasteiger partial charge in [0.05, 0.1) is 6.04 Å². The second-order valence-electron chi connectivity index (χ2n) is 5.04. The van der Waals surface area contributed by atoms with Crippen LogP contribution in [0.5, 0.6) is 0 Å². The number of ether oxygens (including phenoxy) is 1. The maximum atomic E-state index is 12.2. The summed E-state index contributed by atoms with van der Waals surface area (Å²) in [7, 11) is 1.67. The quantitative estimate of drug-likeness (QED) is 0.550. The first-order valence-electron chi connectivity index (χ1n) is 7.86. The molecule has 0 aromatic heterocycles. The van der Waals surface area contributed by atoms with E-state index in [1.54, 1.807) is 7.11 Å². The van der Waals surface area contributed by atoms with Gasteiger partial charge in [0, 0.05) is 26.8 Å². The Labute approximate surface area is 124 Å². The largest absolute Gasteiger partial charge is 0.385 e. The van der Waals surface area contributed by atoms with E-state index in [1.807, 2.05) is 11.8 Å². The molecule has 120 valence electrons. The normalized spacial score (nSPS) is 12.7. The molecule has 5 nitrogen and oxygen atoms in total. The van der Waals surface area contributed by atoms with Gasteiger partial charge >= 0.3 is 0 Å². The summed E-state index contributed by atoms with van der Waals surface area (Å²) in [4.78, 5) is 16.5. The van der Waals surface area contributed by atoms with Crippen molar-refractivity contribution in [2.24, 2.45) is 5.73 Å². The van der Waals surface area contributed by atoms with Crippen molar-refractivity contribution in [3.8, 4) is 0 Å². The molecule has 0 saturated carbocycles. The number of amides is 1. The van der Waals surface area contributed by atoms with Gasteiger partial charge in [-0.05, 0) is 45.8 Å². The lowest BCUT2D eigenvalue weighted by atomic mass is 10.1. The Hall–Kier alpha value is -0.650. The van der Waals surface area contributed by atoms with Crippen molar-refractivity contribution in [2.45, 2.75) is 46.1 Å². The Balaban J connectivity index is 4.07. The summed E-state index contributed by atoms with van der Waals surface area (Å²) in [5, 5.41) is 0. The number of hydrogen-bond acceptors (Lipinski definition) is 4. The minimum absolute atomic E-state index is 0.0724. The second kappa shape index (κ2) is 12.1. The average molecular weight is 287 g/mol. The fourth-order valence-electron chi connectivity index (χ4n) is 2.25. The zero-order valence-electron chi connectivity index (χ0n) is 13.7. The Bertz CT molecular complexity index is 245. The smallest absolute Gasteiger partial charge is 0.239 e. The molecule has 0 aromatic rings. The number of methoxy groups -OCH3 is 1. The van der Waals surface area contributed by atoms with Gasteiger partial charge < -0.3 is 20.3 Å². The number of rotatable bonds is 12. The third-order valence-corrected chi connectivity index (χ3v) is 3.67. The summed E-state index contributed by atoms with van der Waals surface area (Å²) in [6, 6.07) is -0.390. The molecule has 0 saturated heterocycles. The van der Waals surface area contributed by atoms with E-state index in [2.05, 4.69) is 18.7 Å². The third-order valence-electron chi connectivity index (χ3n) is 3.67. The molecule has 2 N–H and O–H groups in total. The summed E-state index contributed by atoms with van der Waals surface area (Å²) in [6.07, 6.45) is 2.53. The first-order valence-corrected chi connectivity index (χ1v) is 7.86. The van der Waals surface area contributed by atoms with E-state index in [0.717, 1.165) is 45.6 Å². The summed E-state index contributed by atoms with van der Waals surface area (Å²) in [5.74, 6) is 0.0724. The molecular weight excluding hydrogens is 254 g/mol. The first kappa shape index (κ1) is 19.4. The monoisotopic (exact) mass is 287 g/mol. The topological polar surface area (TPSA) is 58.8 Å². The lowest BCUT2D eigenvalue weighted by Gasteiger charge is -2.26. The van der Waals surface area contributed by atoms with Gasteiger partial charge in [0.1, 0.15) is 0 Å². The van der Waals surface area contributed by atoms with Gasteiger partial charge in [-0.2, -0.15) is 0 Å². The highest BCUT2D eigenvalue weighted by molar-refractivity contribution is 5.81. The molecule has 0 aromatic carbocycles. The molecule has 20 heavy (non-hydrogen) atoms. The van der Waals surface area contributed by atoms with Crippen LogP contribution in [-0.4, -0.2) is 68.2 Å². The standard InChI is InChI=1S/C15H33N3O2/c1-5-17(6-2)11-9-12-18(7-3)15(19)14(16)10-8-13-20-4/h14H,5-13,16H2,1-4H3. The van der Waals surface area contributed by atoms with Crippen LogP contribution in [0.25, 0.3) is 0 Å². The Kier molecular flexibility index (Phi) is 11.7. The number of likely N-dealkylation sites (N-methyl/N-ethyl adjacent to an activating group) is 1. The number of hydrogen-bond donors (Lipinski definition) is 1. The van der Waals surface area contributed by atoms with Crippen LogP contribution in [0.3, 0.4) is 0 Å². The van der Waals surface area contributed by atoms with Gasteiger partial charge in [0.15, 0.2) is 0 Å². The minimum Gasteiger partial charge on any atom is -0.385 e. The molecule has 0 aliphatic carbocycles. The Morgan fingerprint density at radius 3 is 2.25 bits per heavy atom. The van der Waals surface area contributed by atoms with Crippen LogP contribution in [-0.2, 0) is 9.53 Å². The van der Waals surface area contributed by atoms with E-state index in [9.17, 15) is 4.79 Å². The van der Waals surface area contributed by atoms with Crippen molar-refractivity contribution in [1.82, 2.24) is 9.80 Å². The van der Waals surface area contributed by atoms with E-state index in [4.69, 9.17) is 10.5 Å². The van der Waals surface area contributed by atoms with Crippen LogP contribution >= 0.6 is 0 Å². The van der Waals surface area contributed by atoms with Crippen LogP contribution in [0.2, 0.25) is 0 Å². The molecule has 0 spiro atoms. The molecule has 0 aliphatic heterocycles.